The smallest absolute Gasteiger partial charge is 0.306 e. The first kappa shape index (κ1) is 18.6. The van der Waals surface area contributed by atoms with Crippen molar-refractivity contribution in [2.45, 2.75) is 26.7 Å². The van der Waals surface area contributed by atoms with Crippen LogP contribution >= 0.6 is 0 Å². The van der Waals surface area contributed by atoms with E-state index in [1.807, 2.05) is 37.3 Å². The van der Waals surface area contributed by atoms with Gasteiger partial charge in [-0.1, -0.05) is 0 Å². The average Bonchev–Trinajstić information content (AvgIpc) is 2.62. The number of carbonyl (C=O) groups is 2. The van der Waals surface area contributed by atoms with Gasteiger partial charge in [-0.05, 0) is 44.0 Å². The highest BCUT2D eigenvalue weighted by atomic mass is 16.4. The van der Waals surface area contributed by atoms with Gasteiger partial charge in [0.05, 0.1) is 5.92 Å². The first-order valence-corrected chi connectivity index (χ1v) is 8.89. The third kappa shape index (κ3) is 4.93. The van der Waals surface area contributed by atoms with Crippen LogP contribution in [0, 0.1) is 12.8 Å². The van der Waals surface area contributed by atoms with E-state index in [1.165, 1.54) is 6.92 Å². The number of piperidine rings is 1. The molecule has 1 aliphatic rings. The normalized spacial score (nSPS) is 14.7. The maximum atomic E-state index is 11.1. The summed E-state index contributed by atoms with van der Waals surface area (Å²) in [5.41, 5.74) is 1.58. The fourth-order valence-electron chi connectivity index (χ4n) is 3.12. The molecule has 8 heteroatoms. The number of nitrogens with zero attached hydrogens (tertiary/aromatic N) is 3. The highest BCUT2D eigenvalue weighted by Gasteiger charge is 2.25. The van der Waals surface area contributed by atoms with Gasteiger partial charge in [0.15, 0.2) is 0 Å². The van der Waals surface area contributed by atoms with Gasteiger partial charge < -0.3 is 20.6 Å². The van der Waals surface area contributed by atoms with E-state index < -0.39 is 5.97 Å². The number of carboxylic acid groups (broad SMARTS) is 1. The lowest BCUT2D eigenvalue weighted by Crippen LogP contribution is -2.36. The van der Waals surface area contributed by atoms with Crippen LogP contribution < -0.4 is 15.5 Å². The molecule has 8 nitrogen and oxygen atoms in total. The second-order valence-electron chi connectivity index (χ2n) is 6.64. The van der Waals surface area contributed by atoms with Crippen LogP contribution in [-0.4, -0.2) is 40.0 Å². The van der Waals surface area contributed by atoms with Crippen molar-refractivity contribution < 1.29 is 14.7 Å². The van der Waals surface area contributed by atoms with Crippen LogP contribution in [0.2, 0.25) is 0 Å². The lowest BCUT2D eigenvalue weighted by Gasteiger charge is -2.31. The van der Waals surface area contributed by atoms with Crippen molar-refractivity contribution in [2.24, 2.45) is 5.92 Å². The standard InChI is InChI=1S/C19H23N5O3/c1-12-20-17(23-16-5-3-15(4-6-16)22-13(2)25)11-18(21-12)24-9-7-14(8-10-24)19(26)27/h3-6,11,14H,7-10H2,1-2H3,(H,22,25)(H,26,27)(H,20,21,23). The summed E-state index contributed by atoms with van der Waals surface area (Å²) in [7, 11) is 0. The third-order valence-corrected chi connectivity index (χ3v) is 4.47. The number of carboxylic acids is 1. The largest absolute Gasteiger partial charge is 0.481 e. The monoisotopic (exact) mass is 369 g/mol. The number of carbonyl (C=O) groups excluding carboxylic acids is 1. The summed E-state index contributed by atoms with van der Waals surface area (Å²) >= 11 is 0. The Morgan fingerprint density at radius 1 is 1.11 bits per heavy atom. The Labute approximate surface area is 157 Å². The van der Waals surface area contributed by atoms with Crippen molar-refractivity contribution in [1.29, 1.82) is 0 Å². The molecule has 0 saturated carbocycles. The summed E-state index contributed by atoms with van der Waals surface area (Å²) in [5.74, 6) is 1.000. The predicted octanol–water partition coefficient (Wildman–Crippen LogP) is 2.79. The molecule has 0 spiro atoms. The Balaban J connectivity index is 1.70. The molecule has 1 aromatic heterocycles. The summed E-state index contributed by atoms with van der Waals surface area (Å²) in [6, 6.07) is 9.22. The van der Waals surface area contributed by atoms with E-state index in [1.54, 1.807) is 0 Å². The summed E-state index contributed by atoms with van der Waals surface area (Å²) in [5, 5.41) is 15.1. The Bertz CT molecular complexity index is 830. The minimum Gasteiger partial charge on any atom is -0.481 e. The van der Waals surface area contributed by atoms with Gasteiger partial charge in [0.2, 0.25) is 5.91 Å². The predicted molar refractivity (Wildman–Crippen MR) is 103 cm³/mol. The molecule has 1 saturated heterocycles. The Hall–Kier alpha value is -3.16. The van der Waals surface area contributed by atoms with Gasteiger partial charge in [0.25, 0.3) is 0 Å². The molecular formula is C19H23N5O3. The molecular weight excluding hydrogens is 346 g/mol. The first-order chi connectivity index (χ1) is 12.9. The highest BCUT2D eigenvalue weighted by Crippen LogP contribution is 2.25. The van der Waals surface area contributed by atoms with Crippen LogP contribution in [0.1, 0.15) is 25.6 Å². The molecule has 1 fully saturated rings. The fourth-order valence-corrected chi connectivity index (χ4v) is 3.12. The van der Waals surface area contributed by atoms with E-state index in [-0.39, 0.29) is 11.8 Å². The topological polar surface area (TPSA) is 107 Å². The molecule has 2 heterocycles. The van der Waals surface area contributed by atoms with E-state index in [0.717, 1.165) is 17.2 Å². The molecule has 0 atom stereocenters. The Kier molecular flexibility index (Phi) is 5.54. The molecule has 3 N–H and O–H groups in total. The van der Waals surface area contributed by atoms with Crippen molar-refractivity contribution in [3.63, 3.8) is 0 Å². The zero-order chi connectivity index (χ0) is 19.4. The minimum absolute atomic E-state index is 0.113. The average molecular weight is 369 g/mol. The molecule has 142 valence electrons. The second kappa shape index (κ2) is 8.03. The van der Waals surface area contributed by atoms with Crippen molar-refractivity contribution >= 4 is 34.9 Å². The van der Waals surface area contributed by atoms with Gasteiger partial charge in [-0.15, -0.1) is 0 Å². The van der Waals surface area contributed by atoms with Crippen molar-refractivity contribution in [3.8, 4) is 0 Å². The number of benzene rings is 1. The second-order valence-corrected chi connectivity index (χ2v) is 6.64. The number of nitrogens with one attached hydrogen (secondary N) is 2. The lowest BCUT2D eigenvalue weighted by atomic mass is 9.97. The number of aryl methyl sites for hydroxylation is 1. The molecule has 1 amide bonds. The first-order valence-electron chi connectivity index (χ1n) is 8.89. The van der Waals surface area contributed by atoms with Crippen LogP contribution in [0.3, 0.4) is 0 Å². The molecule has 1 aliphatic heterocycles. The van der Waals surface area contributed by atoms with E-state index >= 15 is 0 Å². The quantitative estimate of drug-likeness (QED) is 0.744. The Morgan fingerprint density at radius 2 is 1.74 bits per heavy atom. The number of aromatic nitrogens is 2. The van der Waals surface area contributed by atoms with Gasteiger partial charge >= 0.3 is 5.97 Å². The number of hydrogen-bond donors (Lipinski definition) is 3. The van der Waals surface area contributed by atoms with Gasteiger partial charge in [-0.25, -0.2) is 9.97 Å². The number of anilines is 4. The fraction of sp³-hybridized carbons (Fsp3) is 0.368. The van der Waals surface area contributed by atoms with Crippen LogP contribution in [-0.2, 0) is 9.59 Å². The molecule has 27 heavy (non-hydrogen) atoms. The molecule has 0 bridgehead atoms. The van der Waals surface area contributed by atoms with Crippen LogP contribution in [0.4, 0.5) is 23.0 Å². The van der Waals surface area contributed by atoms with Crippen molar-refractivity contribution in [1.82, 2.24) is 9.97 Å². The maximum absolute atomic E-state index is 11.1. The van der Waals surface area contributed by atoms with Crippen molar-refractivity contribution in [2.75, 3.05) is 28.6 Å². The SMILES string of the molecule is CC(=O)Nc1ccc(Nc2cc(N3CCC(C(=O)O)CC3)nc(C)n2)cc1. The summed E-state index contributed by atoms with van der Waals surface area (Å²) in [4.78, 5) is 33.2. The Morgan fingerprint density at radius 3 is 2.33 bits per heavy atom. The van der Waals surface area contributed by atoms with Crippen LogP contribution in [0.15, 0.2) is 30.3 Å². The van der Waals surface area contributed by atoms with Gasteiger partial charge in [-0.3, -0.25) is 9.59 Å². The van der Waals surface area contributed by atoms with E-state index in [4.69, 9.17) is 5.11 Å². The van der Waals surface area contributed by atoms with E-state index in [0.29, 0.717) is 37.6 Å². The molecule has 0 radical (unpaired) electrons. The van der Waals surface area contributed by atoms with Gasteiger partial charge in [0.1, 0.15) is 17.5 Å². The lowest BCUT2D eigenvalue weighted by molar-refractivity contribution is -0.142. The number of aliphatic carboxylic acids is 1. The summed E-state index contributed by atoms with van der Waals surface area (Å²) < 4.78 is 0. The van der Waals surface area contributed by atoms with Gasteiger partial charge in [0, 0.05) is 37.5 Å². The van der Waals surface area contributed by atoms with Crippen LogP contribution in [0.25, 0.3) is 0 Å². The van der Waals surface area contributed by atoms with Crippen LogP contribution in [0.5, 0.6) is 0 Å². The van der Waals surface area contributed by atoms with E-state index in [2.05, 4.69) is 25.5 Å². The van der Waals surface area contributed by atoms with E-state index in [9.17, 15) is 9.59 Å². The maximum Gasteiger partial charge on any atom is 0.306 e. The zero-order valence-electron chi connectivity index (χ0n) is 15.4. The number of amides is 1. The minimum atomic E-state index is -0.724. The molecule has 0 unspecified atom stereocenters. The summed E-state index contributed by atoms with van der Waals surface area (Å²) in [6.45, 7) is 4.63. The van der Waals surface area contributed by atoms with Gasteiger partial charge in [-0.2, -0.15) is 0 Å². The number of hydrogen-bond acceptors (Lipinski definition) is 6. The molecule has 1 aromatic carbocycles. The number of rotatable bonds is 5. The zero-order valence-corrected chi connectivity index (χ0v) is 15.4. The summed E-state index contributed by atoms with van der Waals surface area (Å²) in [6.07, 6.45) is 1.23. The van der Waals surface area contributed by atoms with Crippen molar-refractivity contribution in [3.05, 3.63) is 36.2 Å². The molecule has 2 aromatic rings. The third-order valence-electron chi connectivity index (χ3n) is 4.47. The molecule has 3 rings (SSSR count). The molecule has 0 aliphatic carbocycles. The highest BCUT2D eigenvalue weighted by molar-refractivity contribution is 5.88.